The van der Waals surface area contributed by atoms with Gasteiger partial charge in [0.05, 0.1) is 15.7 Å². The molecule has 3 heteroatoms. The Morgan fingerprint density at radius 2 is 1.55 bits per heavy atom. The molecule has 0 bridgehead atoms. The summed E-state index contributed by atoms with van der Waals surface area (Å²) in [6, 6.07) is 3.56. The second-order valence-corrected chi connectivity index (χ2v) is 2.96. The molecule has 0 aromatic heterocycles. The van der Waals surface area contributed by atoms with Gasteiger partial charge in [-0.15, -0.1) is 0 Å². The van der Waals surface area contributed by atoms with Crippen LogP contribution in [0.3, 0.4) is 0 Å². The third-order valence-electron chi connectivity index (χ3n) is 1.22. The van der Waals surface area contributed by atoms with E-state index in [0.717, 1.165) is 5.56 Å². The summed E-state index contributed by atoms with van der Waals surface area (Å²) in [5.74, 6) is 0. The van der Waals surface area contributed by atoms with Crippen LogP contribution in [0, 0.1) is 6.92 Å². The van der Waals surface area contributed by atoms with E-state index in [4.69, 9.17) is 28.9 Å². The summed E-state index contributed by atoms with van der Waals surface area (Å²) in [7, 11) is 0. The summed E-state index contributed by atoms with van der Waals surface area (Å²) in [5.41, 5.74) is 6.96. The van der Waals surface area contributed by atoms with Crippen LogP contribution in [0.5, 0.6) is 0 Å². The maximum Gasteiger partial charge on any atom is 0.0693 e. The Bertz CT molecular complexity index is 235. The van der Waals surface area contributed by atoms with Crippen molar-refractivity contribution < 1.29 is 0 Å². The molecule has 0 unspecified atom stereocenters. The van der Waals surface area contributed by atoms with Crippen LogP contribution < -0.4 is 5.73 Å². The van der Waals surface area contributed by atoms with Crippen LogP contribution in [0.25, 0.3) is 0 Å². The molecule has 2 N–H and O–H groups in total. The number of halogens is 2. The van der Waals surface area contributed by atoms with Crippen LogP contribution in [0.1, 0.15) is 13.0 Å². The highest BCUT2D eigenvalue weighted by Gasteiger charge is 2.00. The number of hydrogen-bond donors (Lipinski definition) is 1. The third-order valence-corrected chi connectivity index (χ3v) is 1.85. The number of nitrogens with two attached hydrogens (primary N) is 1. The van der Waals surface area contributed by atoms with Crippen LogP contribution in [-0.2, 0) is 0 Å². The minimum Gasteiger partial charge on any atom is -0.396 e. The van der Waals surface area contributed by atoms with E-state index in [1.807, 2.05) is 6.92 Å². The molecular formula is C8H11Cl2N. The monoisotopic (exact) mass is 191 g/mol. The number of benzene rings is 1. The fourth-order valence-corrected chi connectivity index (χ4v) is 1.31. The van der Waals surface area contributed by atoms with Gasteiger partial charge in [-0.05, 0) is 24.6 Å². The maximum atomic E-state index is 5.71. The van der Waals surface area contributed by atoms with Crippen molar-refractivity contribution in [3.63, 3.8) is 0 Å². The van der Waals surface area contributed by atoms with Gasteiger partial charge < -0.3 is 5.73 Å². The van der Waals surface area contributed by atoms with Gasteiger partial charge in [0.25, 0.3) is 0 Å². The van der Waals surface area contributed by atoms with E-state index in [-0.39, 0.29) is 7.43 Å². The van der Waals surface area contributed by atoms with E-state index < -0.39 is 0 Å². The molecule has 0 spiro atoms. The van der Waals surface area contributed by atoms with Gasteiger partial charge in [0, 0.05) is 0 Å². The minimum atomic E-state index is 0. The Hall–Kier alpha value is -0.400. The standard InChI is InChI=1S/C7H7Cl2N.CH4/c1-4-2-5(8)7(10)6(9)3-4;/h2-3H,10H2,1H3;1H4. The first-order valence-electron chi connectivity index (χ1n) is 2.82. The largest absolute Gasteiger partial charge is 0.396 e. The van der Waals surface area contributed by atoms with Crippen molar-refractivity contribution in [2.75, 3.05) is 5.73 Å². The summed E-state index contributed by atoms with van der Waals surface area (Å²) >= 11 is 11.4. The lowest BCUT2D eigenvalue weighted by Gasteiger charge is -2.01. The molecule has 0 saturated heterocycles. The predicted molar refractivity (Wildman–Crippen MR) is 52.3 cm³/mol. The SMILES string of the molecule is C.Cc1cc(Cl)c(N)c(Cl)c1. The highest BCUT2D eigenvalue weighted by atomic mass is 35.5. The lowest BCUT2D eigenvalue weighted by atomic mass is 10.2. The predicted octanol–water partition coefficient (Wildman–Crippen LogP) is 3.52. The van der Waals surface area contributed by atoms with Gasteiger partial charge in [-0.1, -0.05) is 30.6 Å². The van der Waals surface area contributed by atoms with E-state index in [9.17, 15) is 0 Å². The van der Waals surface area contributed by atoms with E-state index in [1.54, 1.807) is 12.1 Å². The fraction of sp³-hybridized carbons (Fsp3) is 0.250. The summed E-state index contributed by atoms with van der Waals surface area (Å²) in [5, 5.41) is 1.04. The molecule has 0 heterocycles. The number of aryl methyl sites for hydroxylation is 1. The minimum absolute atomic E-state index is 0. The summed E-state index contributed by atoms with van der Waals surface area (Å²) in [6.45, 7) is 1.91. The second kappa shape index (κ2) is 3.84. The Balaban J connectivity index is 0.000001000. The molecule has 0 amide bonds. The molecule has 1 rings (SSSR count). The number of anilines is 1. The van der Waals surface area contributed by atoms with E-state index >= 15 is 0 Å². The molecule has 0 saturated carbocycles. The zero-order valence-corrected chi connectivity index (χ0v) is 7.00. The zero-order chi connectivity index (χ0) is 7.72. The maximum absolute atomic E-state index is 5.71. The van der Waals surface area contributed by atoms with E-state index in [0.29, 0.717) is 15.7 Å². The molecular weight excluding hydrogens is 181 g/mol. The topological polar surface area (TPSA) is 26.0 Å². The average molecular weight is 192 g/mol. The van der Waals surface area contributed by atoms with Gasteiger partial charge in [-0.2, -0.15) is 0 Å². The Labute approximate surface area is 77.1 Å². The Kier molecular flexibility index (Phi) is 3.70. The summed E-state index contributed by atoms with van der Waals surface area (Å²) < 4.78 is 0. The molecule has 0 fully saturated rings. The van der Waals surface area contributed by atoms with Crippen molar-refractivity contribution in [1.29, 1.82) is 0 Å². The van der Waals surface area contributed by atoms with Crippen LogP contribution in [-0.4, -0.2) is 0 Å². The second-order valence-electron chi connectivity index (χ2n) is 2.14. The molecule has 1 aromatic rings. The highest BCUT2D eigenvalue weighted by Crippen LogP contribution is 2.28. The molecule has 11 heavy (non-hydrogen) atoms. The number of nitrogen functional groups attached to an aromatic ring is 1. The Morgan fingerprint density at radius 1 is 1.18 bits per heavy atom. The lowest BCUT2D eigenvalue weighted by Crippen LogP contribution is -1.87. The third kappa shape index (κ3) is 2.28. The molecule has 0 radical (unpaired) electrons. The van der Waals surface area contributed by atoms with Gasteiger partial charge in [0.15, 0.2) is 0 Å². The molecule has 62 valence electrons. The number of rotatable bonds is 0. The van der Waals surface area contributed by atoms with Crippen molar-refractivity contribution in [3.8, 4) is 0 Å². The van der Waals surface area contributed by atoms with Gasteiger partial charge in [0.1, 0.15) is 0 Å². The summed E-state index contributed by atoms with van der Waals surface area (Å²) in [6.07, 6.45) is 0. The fourth-order valence-electron chi connectivity index (χ4n) is 0.711. The first-order valence-corrected chi connectivity index (χ1v) is 3.58. The smallest absolute Gasteiger partial charge is 0.0693 e. The summed E-state index contributed by atoms with van der Waals surface area (Å²) in [4.78, 5) is 0. The van der Waals surface area contributed by atoms with E-state index in [2.05, 4.69) is 0 Å². The van der Waals surface area contributed by atoms with Gasteiger partial charge in [-0.3, -0.25) is 0 Å². The quantitative estimate of drug-likeness (QED) is 0.625. The molecule has 0 aliphatic heterocycles. The average Bonchev–Trinajstić information content (AvgIpc) is 1.82. The molecule has 0 aliphatic carbocycles. The van der Waals surface area contributed by atoms with E-state index in [1.165, 1.54) is 0 Å². The zero-order valence-electron chi connectivity index (χ0n) is 5.49. The van der Waals surface area contributed by atoms with Crippen molar-refractivity contribution in [2.24, 2.45) is 0 Å². The van der Waals surface area contributed by atoms with Crippen LogP contribution in [0.15, 0.2) is 12.1 Å². The van der Waals surface area contributed by atoms with Crippen LogP contribution in [0.4, 0.5) is 5.69 Å². The van der Waals surface area contributed by atoms with Crippen LogP contribution in [0.2, 0.25) is 10.0 Å². The van der Waals surface area contributed by atoms with Gasteiger partial charge in [0.2, 0.25) is 0 Å². The molecule has 0 aliphatic rings. The van der Waals surface area contributed by atoms with Crippen molar-refractivity contribution in [3.05, 3.63) is 27.7 Å². The van der Waals surface area contributed by atoms with Crippen molar-refractivity contribution >= 4 is 28.9 Å². The molecule has 0 atom stereocenters. The van der Waals surface area contributed by atoms with Crippen LogP contribution >= 0.6 is 23.2 Å². The first-order chi connectivity index (χ1) is 4.61. The Morgan fingerprint density at radius 3 is 1.91 bits per heavy atom. The molecule has 1 aromatic carbocycles. The van der Waals surface area contributed by atoms with Crippen molar-refractivity contribution in [2.45, 2.75) is 14.4 Å². The highest BCUT2D eigenvalue weighted by molar-refractivity contribution is 6.38. The first kappa shape index (κ1) is 10.6. The number of hydrogen-bond acceptors (Lipinski definition) is 1. The van der Waals surface area contributed by atoms with Gasteiger partial charge >= 0.3 is 0 Å². The normalized spacial score (nSPS) is 9.00. The molecule has 1 nitrogen and oxygen atoms in total. The lowest BCUT2D eigenvalue weighted by molar-refractivity contribution is 1.47. The van der Waals surface area contributed by atoms with Gasteiger partial charge in [-0.25, -0.2) is 0 Å². The van der Waals surface area contributed by atoms with Crippen molar-refractivity contribution in [1.82, 2.24) is 0 Å².